The first-order valence-corrected chi connectivity index (χ1v) is 6.06. The van der Waals surface area contributed by atoms with Crippen LogP contribution < -0.4 is 5.73 Å². The number of hydrogen-bond donors (Lipinski definition) is 1. The van der Waals surface area contributed by atoms with Crippen molar-refractivity contribution in [3.8, 4) is 0 Å². The smallest absolute Gasteiger partial charge is 0.254 e. The molecule has 5 heteroatoms. The summed E-state index contributed by atoms with van der Waals surface area (Å²) in [6.07, 6.45) is 0. The highest BCUT2D eigenvalue weighted by Gasteiger charge is 2.18. The summed E-state index contributed by atoms with van der Waals surface area (Å²) in [7, 11) is 4.94. The van der Waals surface area contributed by atoms with Gasteiger partial charge in [0.1, 0.15) is 0 Å². The summed E-state index contributed by atoms with van der Waals surface area (Å²) in [5.41, 5.74) is 8.76. The third-order valence-electron chi connectivity index (χ3n) is 3.06. The second-order valence-electron chi connectivity index (χ2n) is 4.97. The van der Waals surface area contributed by atoms with E-state index in [1.54, 1.807) is 27.2 Å². The molecule has 1 aromatic carbocycles. The molecule has 0 unspecified atom stereocenters. The molecule has 2 amide bonds. The molecule has 0 aliphatic rings. The Balaban J connectivity index is 2.94. The van der Waals surface area contributed by atoms with E-state index in [0.717, 1.165) is 11.1 Å². The number of nitrogens with zero attached hydrogens (tertiary/aromatic N) is 2. The van der Waals surface area contributed by atoms with E-state index in [-0.39, 0.29) is 18.4 Å². The van der Waals surface area contributed by atoms with Crippen molar-refractivity contribution < 1.29 is 9.59 Å². The highest BCUT2D eigenvalue weighted by Crippen LogP contribution is 2.19. The zero-order valence-corrected chi connectivity index (χ0v) is 12.2. The fourth-order valence-electron chi connectivity index (χ4n) is 1.72. The number of carbonyl (C=O) groups excluding carboxylic acids is 2. The summed E-state index contributed by atoms with van der Waals surface area (Å²) >= 11 is 0. The van der Waals surface area contributed by atoms with Gasteiger partial charge in [-0.3, -0.25) is 9.59 Å². The van der Waals surface area contributed by atoms with Gasteiger partial charge in [-0.25, -0.2) is 0 Å². The van der Waals surface area contributed by atoms with Gasteiger partial charge in [-0.15, -0.1) is 0 Å². The molecule has 19 heavy (non-hydrogen) atoms. The maximum Gasteiger partial charge on any atom is 0.254 e. The number of carbonyl (C=O) groups is 2. The van der Waals surface area contributed by atoms with Crippen LogP contribution in [0, 0.1) is 13.8 Å². The van der Waals surface area contributed by atoms with Crippen molar-refractivity contribution >= 4 is 17.5 Å². The Labute approximate surface area is 114 Å². The molecule has 5 nitrogen and oxygen atoms in total. The zero-order valence-electron chi connectivity index (χ0n) is 12.2. The molecule has 2 N–H and O–H groups in total. The molecule has 0 aliphatic heterocycles. The number of amides is 2. The van der Waals surface area contributed by atoms with E-state index < -0.39 is 0 Å². The summed E-state index contributed by atoms with van der Waals surface area (Å²) < 4.78 is 0. The molecule has 0 radical (unpaired) electrons. The first kappa shape index (κ1) is 15.0. The number of anilines is 1. The van der Waals surface area contributed by atoms with Crippen LogP contribution >= 0.6 is 0 Å². The van der Waals surface area contributed by atoms with E-state index in [1.165, 1.54) is 9.80 Å². The fourth-order valence-corrected chi connectivity index (χ4v) is 1.72. The lowest BCUT2D eigenvalue weighted by Crippen LogP contribution is -2.38. The van der Waals surface area contributed by atoms with Crippen molar-refractivity contribution in [3.05, 3.63) is 28.8 Å². The molecule has 1 rings (SSSR count). The summed E-state index contributed by atoms with van der Waals surface area (Å²) in [6, 6.07) is 3.55. The molecule has 0 aromatic heterocycles. The van der Waals surface area contributed by atoms with Crippen molar-refractivity contribution in [2.24, 2.45) is 0 Å². The van der Waals surface area contributed by atoms with Gasteiger partial charge in [-0.05, 0) is 31.0 Å². The van der Waals surface area contributed by atoms with Crippen molar-refractivity contribution in [2.75, 3.05) is 33.4 Å². The third-order valence-corrected chi connectivity index (χ3v) is 3.06. The minimum Gasteiger partial charge on any atom is -0.398 e. The van der Waals surface area contributed by atoms with E-state index in [1.807, 2.05) is 19.9 Å². The van der Waals surface area contributed by atoms with Gasteiger partial charge in [-0.2, -0.15) is 0 Å². The van der Waals surface area contributed by atoms with Crippen molar-refractivity contribution in [1.82, 2.24) is 9.80 Å². The molecule has 0 saturated heterocycles. The minimum atomic E-state index is -0.195. The molecule has 0 fully saturated rings. The zero-order chi connectivity index (χ0) is 14.7. The molecule has 1 aromatic rings. The number of nitrogen functional groups attached to an aromatic ring is 1. The third kappa shape index (κ3) is 3.47. The maximum absolute atomic E-state index is 12.3. The highest BCUT2D eigenvalue weighted by molar-refractivity contribution is 5.98. The Morgan fingerprint density at radius 2 is 1.68 bits per heavy atom. The van der Waals surface area contributed by atoms with Crippen LogP contribution in [0.25, 0.3) is 0 Å². The van der Waals surface area contributed by atoms with E-state index in [9.17, 15) is 9.59 Å². The van der Waals surface area contributed by atoms with E-state index in [0.29, 0.717) is 11.3 Å². The van der Waals surface area contributed by atoms with Crippen LogP contribution in [0.15, 0.2) is 12.1 Å². The monoisotopic (exact) mass is 263 g/mol. The summed E-state index contributed by atoms with van der Waals surface area (Å²) in [5.74, 6) is -0.312. The van der Waals surface area contributed by atoms with Gasteiger partial charge in [0.05, 0.1) is 6.54 Å². The summed E-state index contributed by atoms with van der Waals surface area (Å²) in [6.45, 7) is 3.82. The van der Waals surface area contributed by atoms with Gasteiger partial charge in [0.2, 0.25) is 5.91 Å². The molecule has 0 spiro atoms. The number of nitrogens with two attached hydrogens (primary N) is 1. The van der Waals surface area contributed by atoms with Crippen LogP contribution in [0.1, 0.15) is 21.5 Å². The van der Waals surface area contributed by atoms with E-state index in [4.69, 9.17) is 5.73 Å². The van der Waals surface area contributed by atoms with Gasteiger partial charge < -0.3 is 15.5 Å². The molecule has 0 saturated carbocycles. The Hall–Kier alpha value is -2.04. The Kier molecular flexibility index (Phi) is 4.53. The lowest BCUT2D eigenvalue weighted by molar-refractivity contribution is -0.129. The number of aryl methyl sites for hydroxylation is 2. The van der Waals surface area contributed by atoms with E-state index >= 15 is 0 Å². The number of rotatable bonds is 3. The number of likely N-dealkylation sites (N-methyl/N-ethyl adjacent to an activating group) is 2. The largest absolute Gasteiger partial charge is 0.398 e. The maximum atomic E-state index is 12.3. The molecular weight excluding hydrogens is 242 g/mol. The number of hydrogen-bond acceptors (Lipinski definition) is 3. The predicted octanol–water partition coefficient (Wildman–Crippen LogP) is 1.05. The van der Waals surface area contributed by atoms with Gasteiger partial charge >= 0.3 is 0 Å². The molecule has 0 atom stereocenters. The van der Waals surface area contributed by atoms with Crippen LogP contribution in [-0.2, 0) is 4.79 Å². The number of benzene rings is 1. The quantitative estimate of drug-likeness (QED) is 0.829. The second kappa shape index (κ2) is 5.73. The first-order chi connectivity index (χ1) is 8.73. The average Bonchev–Trinajstić information content (AvgIpc) is 2.32. The molecular formula is C14H21N3O2. The predicted molar refractivity (Wildman–Crippen MR) is 76.0 cm³/mol. The average molecular weight is 263 g/mol. The normalized spacial score (nSPS) is 10.2. The lowest BCUT2D eigenvalue weighted by atomic mass is 10.0. The SMILES string of the molecule is Cc1cc(C)c(C(=O)N(C)CC(=O)N(C)C)cc1N. The second-order valence-corrected chi connectivity index (χ2v) is 4.97. The van der Waals surface area contributed by atoms with Crippen molar-refractivity contribution in [1.29, 1.82) is 0 Å². The van der Waals surface area contributed by atoms with Gasteiger partial charge in [0.15, 0.2) is 0 Å². The summed E-state index contributed by atoms with van der Waals surface area (Å²) in [5, 5.41) is 0. The first-order valence-electron chi connectivity index (χ1n) is 6.06. The van der Waals surface area contributed by atoms with Crippen LogP contribution in [0.5, 0.6) is 0 Å². The molecule has 0 aliphatic carbocycles. The van der Waals surface area contributed by atoms with Gasteiger partial charge in [0.25, 0.3) is 5.91 Å². The highest BCUT2D eigenvalue weighted by atomic mass is 16.2. The van der Waals surface area contributed by atoms with Gasteiger partial charge in [-0.1, -0.05) is 6.07 Å². The van der Waals surface area contributed by atoms with Crippen LogP contribution in [0.3, 0.4) is 0 Å². The summed E-state index contributed by atoms with van der Waals surface area (Å²) in [4.78, 5) is 26.7. The molecule has 104 valence electrons. The topological polar surface area (TPSA) is 66.6 Å². The Morgan fingerprint density at radius 1 is 1.11 bits per heavy atom. The van der Waals surface area contributed by atoms with Gasteiger partial charge in [0, 0.05) is 32.4 Å². The Bertz CT molecular complexity index is 510. The fraction of sp³-hybridized carbons (Fsp3) is 0.429. The van der Waals surface area contributed by atoms with Crippen molar-refractivity contribution in [2.45, 2.75) is 13.8 Å². The van der Waals surface area contributed by atoms with Crippen LogP contribution in [0.4, 0.5) is 5.69 Å². The Morgan fingerprint density at radius 3 is 2.21 bits per heavy atom. The molecule has 0 bridgehead atoms. The molecule has 0 heterocycles. The van der Waals surface area contributed by atoms with Crippen molar-refractivity contribution in [3.63, 3.8) is 0 Å². The minimum absolute atomic E-state index is 0.0546. The lowest BCUT2D eigenvalue weighted by Gasteiger charge is -2.20. The van der Waals surface area contributed by atoms with Crippen LogP contribution in [0.2, 0.25) is 0 Å². The van der Waals surface area contributed by atoms with E-state index in [2.05, 4.69) is 0 Å². The standard InChI is InChI=1S/C14H21N3O2/c1-9-6-10(2)12(15)7-11(9)14(19)17(5)8-13(18)16(3)4/h6-7H,8,15H2,1-5H3. The van der Waals surface area contributed by atoms with Crippen LogP contribution in [-0.4, -0.2) is 49.3 Å².